The van der Waals surface area contributed by atoms with E-state index in [0.717, 1.165) is 70.6 Å². The fraction of sp³-hybridized carbons (Fsp3) is 0.864. The van der Waals surface area contributed by atoms with Gasteiger partial charge in [-0.3, -0.25) is 9.59 Å². The van der Waals surface area contributed by atoms with Crippen molar-refractivity contribution in [1.82, 2.24) is 5.32 Å². The number of nitrogens with one attached hydrogen (secondary N) is 1. The molecule has 0 heterocycles. The van der Waals surface area contributed by atoms with E-state index in [1.165, 1.54) is 205 Å². The van der Waals surface area contributed by atoms with Crippen molar-refractivity contribution in [3.05, 3.63) is 36.5 Å². The van der Waals surface area contributed by atoms with Crippen LogP contribution >= 0.6 is 0 Å². The van der Waals surface area contributed by atoms with Crippen LogP contribution in [0.4, 0.5) is 0 Å². The fourth-order valence-electron chi connectivity index (χ4n) is 8.68. The van der Waals surface area contributed by atoms with E-state index in [2.05, 4.69) is 43.5 Å². The molecule has 0 rings (SSSR count). The van der Waals surface area contributed by atoms with Crippen molar-refractivity contribution in [3.8, 4) is 0 Å². The number of amides is 1. The Bertz CT molecular complexity index is 1060. The molecule has 0 aliphatic rings. The summed E-state index contributed by atoms with van der Waals surface area (Å²) < 4.78 is 5.46. The largest absolute Gasteiger partial charge is 0.466 e. The molecule has 0 spiro atoms. The van der Waals surface area contributed by atoms with Crippen LogP contribution in [0.2, 0.25) is 0 Å². The van der Waals surface area contributed by atoms with Gasteiger partial charge in [-0.2, -0.15) is 0 Å². The van der Waals surface area contributed by atoms with E-state index in [9.17, 15) is 19.8 Å². The topological polar surface area (TPSA) is 95.9 Å². The monoisotopic (exact) mass is 914 g/mol. The SMILES string of the molecule is CCCCCCCC/C=C\CCCCCCCC(=O)OCCCCCC/C=C\CCCCCCCCCC(=O)NC(CO)C(O)/C=C/CCCCCCCCCCCCCCCCCC. The number of aliphatic hydroxyl groups is 2. The highest BCUT2D eigenvalue weighted by Crippen LogP contribution is 2.16. The first kappa shape index (κ1) is 63.1. The van der Waals surface area contributed by atoms with Crippen LogP contribution in [0.3, 0.4) is 0 Å². The molecule has 1 amide bonds. The molecule has 0 saturated heterocycles. The van der Waals surface area contributed by atoms with Crippen molar-refractivity contribution >= 4 is 11.9 Å². The molecular formula is C59H111NO5. The Morgan fingerprint density at radius 1 is 0.415 bits per heavy atom. The molecule has 0 saturated carbocycles. The van der Waals surface area contributed by atoms with Gasteiger partial charge < -0.3 is 20.3 Å². The molecule has 65 heavy (non-hydrogen) atoms. The first-order valence-corrected chi connectivity index (χ1v) is 28.8. The minimum Gasteiger partial charge on any atom is -0.466 e. The van der Waals surface area contributed by atoms with E-state index in [1.54, 1.807) is 6.08 Å². The number of carbonyl (C=O) groups is 2. The van der Waals surface area contributed by atoms with E-state index in [0.29, 0.717) is 19.4 Å². The number of rotatable bonds is 53. The predicted molar refractivity (Wildman–Crippen MR) is 283 cm³/mol. The maximum absolute atomic E-state index is 12.5. The number of aliphatic hydroxyl groups excluding tert-OH is 2. The average molecular weight is 915 g/mol. The highest BCUT2D eigenvalue weighted by atomic mass is 16.5. The smallest absolute Gasteiger partial charge is 0.305 e. The summed E-state index contributed by atoms with van der Waals surface area (Å²) in [6, 6.07) is -0.640. The molecule has 0 bridgehead atoms. The van der Waals surface area contributed by atoms with E-state index in [1.807, 2.05) is 6.08 Å². The Kier molecular flexibility index (Phi) is 53.1. The Morgan fingerprint density at radius 3 is 1.09 bits per heavy atom. The van der Waals surface area contributed by atoms with Crippen molar-refractivity contribution in [3.63, 3.8) is 0 Å². The van der Waals surface area contributed by atoms with Crippen LogP contribution in [0.15, 0.2) is 36.5 Å². The van der Waals surface area contributed by atoms with Gasteiger partial charge in [0.1, 0.15) is 0 Å². The molecule has 0 aromatic rings. The third kappa shape index (κ3) is 51.3. The van der Waals surface area contributed by atoms with Crippen LogP contribution in [0, 0.1) is 0 Å². The third-order valence-corrected chi connectivity index (χ3v) is 13.1. The maximum atomic E-state index is 12.5. The number of hydrogen-bond donors (Lipinski definition) is 3. The summed E-state index contributed by atoms with van der Waals surface area (Å²) in [6.45, 7) is 4.87. The third-order valence-electron chi connectivity index (χ3n) is 13.1. The van der Waals surface area contributed by atoms with Gasteiger partial charge in [-0.15, -0.1) is 0 Å². The van der Waals surface area contributed by atoms with Crippen LogP contribution in [-0.2, 0) is 14.3 Å². The maximum Gasteiger partial charge on any atom is 0.305 e. The minimum absolute atomic E-state index is 0.0192. The molecule has 2 unspecified atom stereocenters. The summed E-state index contributed by atoms with van der Waals surface area (Å²) in [5, 5.41) is 23.1. The number of unbranched alkanes of at least 4 members (excludes halogenated alkanes) is 38. The van der Waals surface area contributed by atoms with Crippen LogP contribution in [0.1, 0.15) is 303 Å². The number of allylic oxidation sites excluding steroid dienone is 5. The van der Waals surface area contributed by atoms with Crippen molar-refractivity contribution in [2.45, 2.75) is 315 Å². The molecule has 6 heteroatoms. The van der Waals surface area contributed by atoms with Crippen LogP contribution in [-0.4, -0.2) is 47.4 Å². The number of ether oxygens (including phenoxy) is 1. The summed E-state index contributed by atoms with van der Waals surface area (Å²) >= 11 is 0. The van der Waals surface area contributed by atoms with Crippen molar-refractivity contribution in [2.75, 3.05) is 13.2 Å². The lowest BCUT2D eigenvalue weighted by atomic mass is 10.0. The van der Waals surface area contributed by atoms with E-state index >= 15 is 0 Å². The highest BCUT2D eigenvalue weighted by molar-refractivity contribution is 5.76. The van der Waals surface area contributed by atoms with Gasteiger partial charge >= 0.3 is 5.97 Å². The van der Waals surface area contributed by atoms with Gasteiger partial charge in [0.25, 0.3) is 0 Å². The zero-order valence-corrected chi connectivity index (χ0v) is 43.5. The van der Waals surface area contributed by atoms with Crippen molar-refractivity contribution in [1.29, 1.82) is 0 Å². The lowest BCUT2D eigenvalue weighted by Gasteiger charge is -2.20. The van der Waals surface area contributed by atoms with E-state index in [4.69, 9.17) is 4.74 Å². The Hall–Kier alpha value is -1.92. The summed E-state index contributed by atoms with van der Waals surface area (Å²) in [5.41, 5.74) is 0. The van der Waals surface area contributed by atoms with Crippen LogP contribution in [0.25, 0.3) is 0 Å². The average Bonchev–Trinajstić information content (AvgIpc) is 3.31. The molecule has 0 aliphatic heterocycles. The molecule has 0 aliphatic carbocycles. The summed E-state index contributed by atoms with van der Waals surface area (Å²) in [4.78, 5) is 24.5. The molecule has 0 aromatic carbocycles. The standard InChI is InChI=1S/C59H111NO5/c1-3-5-7-9-11-13-15-17-19-20-21-24-27-31-35-39-43-47-51-57(62)56(55-61)60-58(63)52-48-44-40-36-32-28-25-22-26-30-34-38-42-46-50-54-65-59(64)53-49-45-41-37-33-29-23-18-16-14-12-10-8-6-4-2/h18,23,26,30,47,51,56-57,61-62H,3-17,19-22,24-25,27-29,31-46,48-50,52-55H2,1-2H3,(H,60,63)/b23-18-,30-26-,51-47+. The molecular weight excluding hydrogens is 803 g/mol. The van der Waals surface area contributed by atoms with Crippen LogP contribution < -0.4 is 5.32 Å². The summed E-state index contributed by atoms with van der Waals surface area (Å²) in [6.07, 6.45) is 67.3. The second kappa shape index (κ2) is 54.7. The van der Waals surface area contributed by atoms with Gasteiger partial charge in [-0.25, -0.2) is 0 Å². The quantitative estimate of drug-likeness (QED) is 0.0321. The van der Waals surface area contributed by atoms with Gasteiger partial charge in [0.05, 0.1) is 25.4 Å². The summed E-state index contributed by atoms with van der Waals surface area (Å²) in [5.74, 6) is -0.101. The van der Waals surface area contributed by atoms with Gasteiger partial charge in [0, 0.05) is 12.8 Å². The first-order valence-electron chi connectivity index (χ1n) is 28.8. The van der Waals surface area contributed by atoms with Crippen LogP contribution in [0.5, 0.6) is 0 Å². The Labute approximate surface area is 404 Å². The number of hydrogen-bond acceptors (Lipinski definition) is 5. The highest BCUT2D eigenvalue weighted by Gasteiger charge is 2.18. The number of carbonyl (C=O) groups excluding carboxylic acids is 2. The normalized spacial score (nSPS) is 12.9. The number of esters is 1. The minimum atomic E-state index is -0.855. The van der Waals surface area contributed by atoms with Gasteiger partial charge in [0.15, 0.2) is 0 Å². The fourth-order valence-corrected chi connectivity index (χ4v) is 8.68. The first-order chi connectivity index (χ1) is 32.0. The zero-order valence-electron chi connectivity index (χ0n) is 43.5. The van der Waals surface area contributed by atoms with Crippen molar-refractivity contribution < 1.29 is 24.5 Å². The lowest BCUT2D eigenvalue weighted by Crippen LogP contribution is -2.45. The molecule has 2 atom stereocenters. The molecule has 0 fully saturated rings. The second-order valence-corrected chi connectivity index (χ2v) is 19.6. The zero-order chi connectivity index (χ0) is 47.2. The van der Waals surface area contributed by atoms with Crippen molar-refractivity contribution in [2.24, 2.45) is 0 Å². The molecule has 0 aromatic heterocycles. The summed E-state index contributed by atoms with van der Waals surface area (Å²) in [7, 11) is 0. The second-order valence-electron chi connectivity index (χ2n) is 19.6. The molecule has 3 N–H and O–H groups in total. The van der Waals surface area contributed by atoms with E-state index < -0.39 is 12.1 Å². The predicted octanol–water partition coefficient (Wildman–Crippen LogP) is 17.6. The lowest BCUT2D eigenvalue weighted by molar-refractivity contribution is -0.143. The Morgan fingerprint density at radius 2 is 0.723 bits per heavy atom. The molecule has 382 valence electrons. The Balaban J connectivity index is 3.51. The van der Waals surface area contributed by atoms with Gasteiger partial charge in [0.2, 0.25) is 5.91 Å². The molecule has 0 radical (unpaired) electrons. The van der Waals surface area contributed by atoms with Gasteiger partial charge in [-0.05, 0) is 83.5 Å². The van der Waals surface area contributed by atoms with E-state index in [-0.39, 0.29) is 18.5 Å². The molecule has 6 nitrogen and oxygen atoms in total. The van der Waals surface area contributed by atoms with Gasteiger partial charge in [-0.1, -0.05) is 243 Å².